The first-order chi connectivity index (χ1) is 13.2. The van der Waals surface area contributed by atoms with Crippen LogP contribution in [0.1, 0.15) is 31.0 Å². The Morgan fingerprint density at radius 3 is 2.57 bits per heavy atom. The Morgan fingerprint density at radius 1 is 1.11 bits per heavy atom. The maximum Gasteiger partial charge on any atom is 0.194 e. The highest BCUT2D eigenvalue weighted by Gasteiger charge is 2.07. The summed E-state index contributed by atoms with van der Waals surface area (Å²) in [7, 11) is 4.16. The van der Waals surface area contributed by atoms with E-state index in [1.807, 2.05) is 6.07 Å². The molecule has 0 bridgehead atoms. The van der Waals surface area contributed by atoms with Crippen LogP contribution >= 0.6 is 24.0 Å². The van der Waals surface area contributed by atoms with Gasteiger partial charge < -0.3 is 19.5 Å². The van der Waals surface area contributed by atoms with Gasteiger partial charge in [0.25, 0.3) is 0 Å². The lowest BCUT2D eigenvalue weighted by Gasteiger charge is -2.22. The minimum absolute atomic E-state index is 0. The van der Waals surface area contributed by atoms with Gasteiger partial charge in [0, 0.05) is 45.7 Å². The molecule has 0 unspecified atom stereocenters. The zero-order valence-corrected chi connectivity index (χ0v) is 19.8. The van der Waals surface area contributed by atoms with Gasteiger partial charge in [-0.3, -0.25) is 4.99 Å². The molecule has 2 rings (SSSR count). The van der Waals surface area contributed by atoms with Crippen molar-refractivity contribution < 1.29 is 4.74 Å². The van der Waals surface area contributed by atoms with Crippen molar-refractivity contribution in [2.75, 3.05) is 33.4 Å². The molecule has 1 N–H and O–H groups in total. The molecule has 156 valence electrons. The van der Waals surface area contributed by atoms with Crippen molar-refractivity contribution in [1.29, 1.82) is 0 Å². The molecule has 0 aliphatic heterocycles. The fourth-order valence-corrected chi connectivity index (χ4v) is 2.89. The van der Waals surface area contributed by atoms with E-state index in [0.717, 1.165) is 58.1 Å². The van der Waals surface area contributed by atoms with Crippen LogP contribution in [0.15, 0.2) is 53.7 Å². The van der Waals surface area contributed by atoms with E-state index in [0.29, 0.717) is 0 Å². The monoisotopic (exact) mass is 498 g/mol. The Labute approximate surface area is 187 Å². The summed E-state index contributed by atoms with van der Waals surface area (Å²) < 4.78 is 7.89. The van der Waals surface area contributed by atoms with Crippen LogP contribution in [-0.2, 0) is 24.8 Å². The van der Waals surface area contributed by atoms with Gasteiger partial charge >= 0.3 is 0 Å². The highest BCUT2D eigenvalue weighted by atomic mass is 127. The second-order valence-corrected chi connectivity index (χ2v) is 6.76. The molecule has 2 aromatic rings. The summed E-state index contributed by atoms with van der Waals surface area (Å²) in [6.07, 6.45) is 5.13. The second-order valence-electron chi connectivity index (χ2n) is 6.76. The van der Waals surface area contributed by atoms with Crippen molar-refractivity contribution in [3.05, 3.63) is 59.9 Å². The van der Waals surface area contributed by atoms with Gasteiger partial charge in [-0.2, -0.15) is 0 Å². The van der Waals surface area contributed by atoms with Gasteiger partial charge in [-0.1, -0.05) is 30.3 Å². The number of hydrogen-bond acceptors (Lipinski definition) is 2. The number of aryl methyl sites for hydroxylation is 1. The minimum atomic E-state index is 0. The Kier molecular flexibility index (Phi) is 12.6. The van der Waals surface area contributed by atoms with Crippen molar-refractivity contribution in [3.8, 4) is 0 Å². The number of rotatable bonds is 11. The third-order valence-electron chi connectivity index (χ3n) is 4.48. The molecule has 0 spiro atoms. The normalized spacial score (nSPS) is 11.2. The van der Waals surface area contributed by atoms with Crippen LogP contribution in [0, 0.1) is 0 Å². The number of hydrogen-bond donors (Lipinski definition) is 1. The van der Waals surface area contributed by atoms with E-state index >= 15 is 0 Å². The van der Waals surface area contributed by atoms with E-state index in [2.05, 4.69) is 78.4 Å². The number of ether oxygens (including phenoxy) is 1. The number of guanidine groups is 1. The van der Waals surface area contributed by atoms with Crippen LogP contribution in [-0.4, -0.2) is 48.8 Å². The number of nitrogens with one attached hydrogen (secondary N) is 1. The molecule has 0 fully saturated rings. The molecule has 0 amide bonds. The zero-order valence-electron chi connectivity index (χ0n) is 17.4. The fraction of sp³-hybridized carbons (Fsp3) is 0.500. The van der Waals surface area contributed by atoms with Crippen molar-refractivity contribution >= 4 is 29.9 Å². The Bertz CT molecular complexity index is 672. The Hall–Kier alpha value is -1.54. The maximum atomic E-state index is 5.75. The van der Waals surface area contributed by atoms with Crippen LogP contribution in [0.3, 0.4) is 0 Å². The van der Waals surface area contributed by atoms with Crippen LogP contribution in [0.2, 0.25) is 0 Å². The van der Waals surface area contributed by atoms with Crippen LogP contribution in [0.4, 0.5) is 0 Å². The third kappa shape index (κ3) is 9.10. The predicted octanol–water partition coefficient (Wildman–Crippen LogP) is 4.08. The molecular weight excluding hydrogens is 463 g/mol. The molecule has 1 aromatic heterocycles. The largest absolute Gasteiger partial charge is 0.381 e. The van der Waals surface area contributed by atoms with E-state index in [1.54, 1.807) is 0 Å². The van der Waals surface area contributed by atoms with E-state index in [9.17, 15) is 0 Å². The Morgan fingerprint density at radius 2 is 1.89 bits per heavy atom. The zero-order chi connectivity index (χ0) is 19.3. The maximum absolute atomic E-state index is 5.75. The van der Waals surface area contributed by atoms with Gasteiger partial charge in [-0.05, 0) is 43.9 Å². The molecule has 0 aliphatic carbocycles. The highest BCUT2D eigenvalue weighted by molar-refractivity contribution is 14.0. The number of nitrogens with zero attached hydrogens (tertiary/aromatic N) is 3. The van der Waals surface area contributed by atoms with Crippen LogP contribution in [0.5, 0.6) is 0 Å². The highest BCUT2D eigenvalue weighted by Crippen LogP contribution is 2.04. The topological polar surface area (TPSA) is 41.8 Å². The standard InChI is InChI=1S/C22H34N4O.HI/c1-4-23-22(26(3)19-21-13-10-16-25(21)2)24-15-8-9-17-27-18-14-20-11-6-5-7-12-20;/h5-7,10-13,16H,4,8-9,14-15,17-19H2,1-3H3,(H,23,24);1H. The summed E-state index contributed by atoms with van der Waals surface area (Å²) in [6, 6.07) is 14.7. The smallest absolute Gasteiger partial charge is 0.194 e. The lowest BCUT2D eigenvalue weighted by molar-refractivity contribution is 0.134. The van der Waals surface area contributed by atoms with Crippen molar-refractivity contribution in [2.24, 2.45) is 12.0 Å². The van der Waals surface area contributed by atoms with Gasteiger partial charge in [0.1, 0.15) is 0 Å². The molecule has 0 saturated carbocycles. The number of aliphatic imine (C=N–C) groups is 1. The molecule has 5 nitrogen and oxygen atoms in total. The summed E-state index contributed by atoms with van der Waals surface area (Å²) in [4.78, 5) is 6.93. The van der Waals surface area contributed by atoms with Gasteiger partial charge in [-0.25, -0.2) is 0 Å². The number of unbranched alkanes of at least 4 members (excludes halogenated alkanes) is 1. The molecule has 0 radical (unpaired) electrons. The average Bonchev–Trinajstić information content (AvgIpc) is 3.08. The number of aromatic nitrogens is 1. The SMILES string of the molecule is CCNC(=NCCCCOCCc1ccccc1)N(C)Cc1cccn1C.I. The molecule has 0 atom stereocenters. The summed E-state index contributed by atoms with van der Waals surface area (Å²) in [5, 5.41) is 3.38. The molecular formula is C22H35IN4O. The predicted molar refractivity (Wildman–Crippen MR) is 128 cm³/mol. The van der Waals surface area contributed by atoms with Gasteiger partial charge in [-0.15, -0.1) is 24.0 Å². The molecule has 28 heavy (non-hydrogen) atoms. The quantitative estimate of drug-likeness (QED) is 0.220. The summed E-state index contributed by atoms with van der Waals surface area (Å²) in [5.74, 6) is 0.962. The van der Waals surface area contributed by atoms with E-state index < -0.39 is 0 Å². The van der Waals surface area contributed by atoms with Crippen LogP contribution in [0.25, 0.3) is 0 Å². The van der Waals surface area contributed by atoms with Crippen molar-refractivity contribution in [3.63, 3.8) is 0 Å². The van der Waals surface area contributed by atoms with E-state index in [1.165, 1.54) is 11.3 Å². The molecule has 6 heteroatoms. The van der Waals surface area contributed by atoms with E-state index in [4.69, 9.17) is 9.73 Å². The van der Waals surface area contributed by atoms with Gasteiger partial charge in [0.15, 0.2) is 5.96 Å². The number of halogens is 1. The summed E-state index contributed by atoms with van der Waals surface area (Å²) in [5.41, 5.74) is 2.61. The molecule has 1 heterocycles. The van der Waals surface area contributed by atoms with Crippen molar-refractivity contribution in [2.45, 2.75) is 32.7 Å². The van der Waals surface area contributed by atoms with Gasteiger partial charge in [0.2, 0.25) is 0 Å². The fourth-order valence-electron chi connectivity index (χ4n) is 2.89. The lowest BCUT2D eigenvalue weighted by atomic mass is 10.2. The molecule has 1 aromatic carbocycles. The second kappa shape index (κ2) is 14.5. The van der Waals surface area contributed by atoms with Crippen molar-refractivity contribution in [1.82, 2.24) is 14.8 Å². The number of benzene rings is 1. The van der Waals surface area contributed by atoms with Gasteiger partial charge in [0.05, 0.1) is 13.2 Å². The third-order valence-corrected chi connectivity index (χ3v) is 4.48. The lowest BCUT2D eigenvalue weighted by Crippen LogP contribution is -2.38. The first-order valence-electron chi connectivity index (χ1n) is 9.92. The first kappa shape index (κ1) is 24.5. The summed E-state index contributed by atoms with van der Waals surface area (Å²) in [6.45, 7) is 6.23. The molecule has 0 aliphatic rings. The minimum Gasteiger partial charge on any atom is -0.381 e. The first-order valence-corrected chi connectivity index (χ1v) is 9.92. The van der Waals surface area contributed by atoms with E-state index in [-0.39, 0.29) is 24.0 Å². The summed E-state index contributed by atoms with van der Waals surface area (Å²) >= 11 is 0. The Balaban J connectivity index is 0.00000392. The average molecular weight is 498 g/mol. The van der Waals surface area contributed by atoms with Crippen LogP contribution < -0.4 is 5.32 Å². The molecule has 0 saturated heterocycles.